The van der Waals surface area contributed by atoms with Crippen molar-refractivity contribution in [3.05, 3.63) is 59.9 Å². The van der Waals surface area contributed by atoms with Crippen LogP contribution in [0.2, 0.25) is 0 Å². The Bertz CT molecular complexity index is 867. The van der Waals surface area contributed by atoms with Crippen LogP contribution in [0.5, 0.6) is 0 Å². The molecule has 0 amide bonds. The molecule has 0 aliphatic heterocycles. The summed E-state index contributed by atoms with van der Waals surface area (Å²) in [6.07, 6.45) is 3.45. The Morgan fingerprint density at radius 2 is 1.90 bits per heavy atom. The van der Waals surface area contributed by atoms with Crippen LogP contribution >= 0.6 is 0 Å². The van der Waals surface area contributed by atoms with Crippen molar-refractivity contribution in [3.8, 4) is 0 Å². The first-order valence-electron chi connectivity index (χ1n) is 6.53. The van der Waals surface area contributed by atoms with Gasteiger partial charge in [-0.25, -0.2) is 18.1 Å². The van der Waals surface area contributed by atoms with E-state index in [9.17, 15) is 8.42 Å². The molecular weight excluding hydrogens is 286 g/mol. The number of hydrogen-bond acceptors (Lipinski definition) is 3. The lowest BCUT2D eigenvalue weighted by Crippen LogP contribution is -2.23. The molecule has 1 aromatic carbocycles. The van der Waals surface area contributed by atoms with Gasteiger partial charge in [0.1, 0.15) is 5.65 Å². The lowest BCUT2D eigenvalue weighted by Gasteiger charge is -2.08. The van der Waals surface area contributed by atoms with Gasteiger partial charge in [0.25, 0.3) is 0 Å². The Kier molecular flexibility index (Phi) is 3.48. The molecule has 0 radical (unpaired) electrons. The highest BCUT2D eigenvalue weighted by atomic mass is 32.2. The summed E-state index contributed by atoms with van der Waals surface area (Å²) < 4.78 is 27.1. The summed E-state index contributed by atoms with van der Waals surface area (Å²) >= 11 is 0. The van der Waals surface area contributed by atoms with Crippen LogP contribution in [0.3, 0.4) is 0 Å². The van der Waals surface area contributed by atoms with Crippen LogP contribution in [-0.4, -0.2) is 18.4 Å². The first-order chi connectivity index (χ1) is 10.1. The SMILES string of the molecule is Cc1ccc(S(=O)(=O)NCc2ccnc3[nH]ccc23)cc1. The zero-order valence-corrected chi connectivity index (χ0v) is 12.3. The lowest BCUT2D eigenvalue weighted by molar-refractivity contribution is 0.581. The van der Waals surface area contributed by atoms with Gasteiger partial charge in [0.2, 0.25) is 10.0 Å². The topological polar surface area (TPSA) is 74.8 Å². The molecule has 2 N–H and O–H groups in total. The monoisotopic (exact) mass is 301 g/mol. The predicted octanol–water partition coefficient (Wildman–Crippen LogP) is 2.35. The van der Waals surface area contributed by atoms with Crippen molar-refractivity contribution in [2.75, 3.05) is 0 Å². The largest absolute Gasteiger partial charge is 0.346 e. The molecular formula is C15H15N3O2S. The molecule has 5 nitrogen and oxygen atoms in total. The Balaban J connectivity index is 1.83. The molecule has 0 saturated heterocycles. The first-order valence-corrected chi connectivity index (χ1v) is 8.02. The van der Waals surface area contributed by atoms with E-state index in [1.807, 2.05) is 19.1 Å². The zero-order valence-electron chi connectivity index (χ0n) is 11.5. The molecule has 3 aromatic rings. The van der Waals surface area contributed by atoms with Crippen LogP contribution in [-0.2, 0) is 16.6 Å². The van der Waals surface area contributed by atoms with E-state index < -0.39 is 10.0 Å². The highest BCUT2D eigenvalue weighted by Crippen LogP contribution is 2.16. The van der Waals surface area contributed by atoms with Gasteiger partial charge in [-0.2, -0.15) is 0 Å². The molecule has 0 aliphatic carbocycles. The minimum Gasteiger partial charge on any atom is -0.346 e. The van der Waals surface area contributed by atoms with Crippen molar-refractivity contribution < 1.29 is 8.42 Å². The third-order valence-electron chi connectivity index (χ3n) is 3.33. The Morgan fingerprint density at radius 1 is 1.14 bits per heavy atom. The third-order valence-corrected chi connectivity index (χ3v) is 4.75. The fourth-order valence-electron chi connectivity index (χ4n) is 2.15. The third kappa shape index (κ3) is 2.81. The zero-order chi connectivity index (χ0) is 14.9. The quantitative estimate of drug-likeness (QED) is 0.776. The van der Waals surface area contributed by atoms with E-state index in [1.165, 1.54) is 0 Å². The summed E-state index contributed by atoms with van der Waals surface area (Å²) in [7, 11) is -3.51. The van der Waals surface area contributed by atoms with Crippen molar-refractivity contribution in [3.63, 3.8) is 0 Å². The van der Waals surface area contributed by atoms with E-state index in [2.05, 4.69) is 14.7 Å². The second-order valence-corrected chi connectivity index (χ2v) is 6.61. The number of aromatic amines is 1. The fraction of sp³-hybridized carbons (Fsp3) is 0.133. The maximum Gasteiger partial charge on any atom is 0.240 e. The minimum atomic E-state index is -3.51. The Morgan fingerprint density at radius 3 is 2.67 bits per heavy atom. The van der Waals surface area contributed by atoms with Gasteiger partial charge in [-0.05, 0) is 36.8 Å². The number of rotatable bonds is 4. The number of fused-ring (bicyclic) bond motifs is 1. The number of nitrogens with zero attached hydrogens (tertiary/aromatic N) is 1. The second-order valence-electron chi connectivity index (χ2n) is 4.85. The van der Waals surface area contributed by atoms with Gasteiger partial charge in [-0.1, -0.05) is 17.7 Å². The average Bonchev–Trinajstić information content (AvgIpc) is 2.94. The second kappa shape index (κ2) is 5.31. The molecule has 0 atom stereocenters. The molecule has 21 heavy (non-hydrogen) atoms. The fourth-order valence-corrected chi connectivity index (χ4v) is 3.15. The van der Waals surface area contributed by atoms with E-state index in [-0.39, 0.29) is 11.4 Å². The summed E-state index contributed by atoms with van der Waals surface area (Å²) in [5.41, 5.74) is 2.66. The average molecular weight is 301 g/mol. The maximum atomic E-state index is 12.3. The van der Waals surface area contributed by atoms with Crippen LogP contribution < -0.4 is 4.72 Å². The Hall–Kier alpha value is -2.18. The molecule has 3 rings (SSSR count). The van der Waals surface area contributed by atoms with Crippen LogP contribution in [0.1, 0.15) is 11.1 Å². The van der Waals surface area contributed by atoms with Gasteiger partial charge in [0.05, 0.1) is 4.90 Å². The van der Waals surface area contributed by atoms with Crippen molar-refractivity contribution in [2.45, 2.75) is 18.4 Å². The maximum absolute atomic E-state index is 12.3. The molecule has 0 aliphatic rings. The van der Waals surface area contributed by atoms with Crippen LogP contribution in [0.4, 0.5) is 0 Å². The van der Waals surface area contributed by atoms with Gasteiger partial charge >= 0.3 is 0 Å². The van der Waals surface area contributed by atoms with E-state index in [0.717, 1.165) is 22.2 Å². The van der Waals surface area contributed by atoms with Crippen molar-refractivity contribution >= 4 is 21.1 Å². The van der Waals surface area contributed by atoms with Gasteiger partial charge < -0.3 is 4.98 Å². The van der Waals surface area contributed by atoms with Crippen molar-refractivity contribution in [1.29, 1.82) is 0 Å². The molecule has 2 aromatic heterocycles. The molecule has 0 fully saturated rings. The Labute approximate surface area is 123 Å². The van der Waals surface area contributed by atoms with E-state index >= 15 is 0 Å². The van der Waals surface area contributed by atoms with Gasteiger partial charge in [0.15, 0.2) is 0 Å². The summed E-state index contributed by atoms with van der Waals surface area (Å²) in [6, 6.07) is 10.5. The molecule has 0 spiro atoms. The van der Waals surface area contributed by atoms with Gasteiger partial charge in [-0.3, -0.25) is 0 Å². The van der Waals surface area contributed by atoms with Crippen LogP contribution in [0.25, 0.3) is 11.0 Å². The number of aromatic nitrogens is 2. The summed E-state index contributed by atoms with van der Waals surface area (Å²) in [5, 5.41) is 0.920. The van der Waals surface area contributed by atoms with Gasteiger partial charge in [-0.15, -0.1) is 0 Å². The standard InChI is InChI=1S/C15H15N3O2S/c1-11-2-4-13(5-3-11)21(19,20)18-10-12-6-8-16-15-14(12)7-9-17-15/h2-9,18H,10H2,1H3,(H,16,17). The van der Waals surface area contributed by atoms with Crippen molar-refractivity contribution in [2.24, 2.45) is 0 Å². The number of sulfonamides is 1. The number of aryl methyl sites for hydroxylation is 1. The number of benzene rings is 1. The molecule has 6 heteroatoms. The summed E-state index contributed by atoms with van der Waals surface area (Å²) in [5.74, 6) is 0. The van der Waals surface area contributed by atoms with E-state index in [4.69, 9.17) is 0 Å². The minimum absolute atomic E-state index is 0.229. The number of hydrogen-bond donors (Lipinski definition) is 2. The summed E-state index contributed by atoms with van der Waals surface area (Å²) in [4.78, 5) is 7.46. The van der Waals surface area contributed by atoms with Crippen molar-refractivity contribution in [1.82, 2.24) is 14.7 Å². The normalized spacial score (nSPS) is 11.9. The number of pyridine rings is 1. The molecule has 108 valence electrons. The highest BCUT2D eigenvalue weighted by Gasteiger charge is 2.14. The molecule has 0 unspecified atom stereocenters. The van der Waals surface area contributed by atoms with Crippen LogP contribution in [0.15, 0.2) is 53.7 Å². The van der Waals surface area contributed by atoms with E-state index in [0.29, 0.717) is 0 Å². The smallest absolute Gasteiger partial charge is 0.240 e. The number of H-pyrrole nitrogens is 1. The van der Waals surface area contributed by atoms with Gasteiger partial charge in [0, 0.05) is 24.3 Å². The summed E-state index contributed by atoms with van der Waals surface area (Å²) in [6.45, 7) is 2.15. The molecule has 0 saturated carbocycles. The molecule has 2 heterocycles. The number of nitrogens with one attached hydrogen (secondary N) is 2. The van der Waals surface area contributed by atoms with Crippen LogP contribution in [0, 0.1) is 6.92 Å². The predicted molar refractivity (Wildman–Crippen MR) is 81.3 cm³/mol. The lowest BCUT2D eigenvalue weighted by atomic mass is 10.2. The van der Waals surface area contributed by atoms with E-state index in [1.54, 1.807) is 36.7 Å². The first kappa shape index (κ1) is 13.8. The highest BCUT2D eigenvalue weighted by molar-refractivity contribution is 7.89. The molecule has 0 bridgehead atoms.